The molecule has 16 heteroatoms. The topological polar surface area (TPSA) is 268 Å². The Hall–Kier alpha value is -2.87. The van der Waals surface area contributed by atoms with Gasteiger partial charge in [-0.1, -0.05) is 12.1 Å². The lowest BCUT2D eigenvalue weighted by Crippen LogP contribution is -2.59. The van der Waals surface area contributed by atoms with Crippen molar-refractivity contribution in [3.05, 3.63) is 41.5 Å². The highest BCUT2D eigenvalue weighted by Gasteiger charge is 2.44. The third-order valence-corrected chi connectivity index (χ3v) is 5.48. The number of rotatable bonds is 13. The summed E-state index contributed by atoms with van der Waals surface area (Å²) in [5, 5.41) is 77.2. The fourth-order valence-electron chi connectivity index (χ4n) is 3.28. The van der Waals surface area contributed by atoms with Gasteiger partial charge in [-0.05, 0) is 23.8 Å². The zero-order valence-corrected chi connectivity index (χ0v) is 19.8. The van der Waals surface area contributed by atoms with Gasteiger partial charge in [0.1, 0.15) is 42.7 Å². The number of ketones is 1. The summed E-state index contributed by atoms with van der Waals surface area (Å²) in [7, 11) is 0. The van der Waals surface area contributed by atoms with Gasteiger partial charge >= 0.3 is 0 Å². The Kier molecular flexibility index (Phi) is 12.3. The summed E-state index contributed by atoms with van der Waals surface area (Å²) >= 11 is 0. The summed E-state index contributed by atoms with van der Waals surface area (Å²) in [5.41, 5.74) is 6.48. The van der Waals surface area contributed by atoms with Crippen molar-refractivity contribution in [1.82, 2.24) is 16.3 Å². The second-order valence-electron chi connectivity index (χ2n) is 8.24. The van der Waals surface area contributed by atoms with E-state index in [2.05, 4.69) is 10.9 Å². The highest BCUT2D eigenvalue weighted by Crippen LogP contribution is 2.22. The van der Waals surface area contributed by atoms with E-state index in [1.165, 1.54) is 29.8 Å². The molecule has 0 radical (unpaired) electrons. The molecule has 0 spiro atoms. The summed E-state index contributed by atoms with van der Waals surface area (Å²) < 4.78 is 10.1. The van der Waals surface area contributed by atoms with Crippen molar-refractivity contribution in [2.75, 3.05) is 19.8 Å². The standard InChI is InChI=1S/C22H31N3O13/c26-8-14-18(32)19(33)20(34)22(38-14)37-9-13(28)17(31)16(30)12(27)7-23-24-21(35)11-3-1-2-10(6-11)4-5-15(29)25-36/h1-6,13-14,16-20,22-23,26,28,30-34,36H,7-9H2,(H,24,35)(H,25,29)/b5-4+/t13-,14-,16-,17-,18+,19+,20-,22+/m1/s1. The maximum Gasteiger partial charge on any atom is 0.267 e. The number of aliphatic hydroxyl groups is 7. The first-order valence-corrected chi connectivity index (χ1v) is 11.2. The lowest BCUT2D eigenvalue weighted by molar-refractivity contribution is -0.306. The minimum absolute atomic E-state index is 0.137. The Morgan fingerprint density at radius 2 is 1.79 bits per heavy atom. The molecule has 1 aliphatic heterocycles. The van der Waals surface area contributed by atoms with Crippen LogP contribution in [0.2, 0.25) is 0 Å². The maximum absolute atomic E-state index is 12.3. The van der Waals surface area contributed by atoms with Crippen LogP contribution >= 0.6 is 0 Å². The van der Waals surface area contributed by atoms with E-state index in [9.17, 15) is 45.0 Å². The Morgan fingerprint density at radius 1 is 1.08 bits per heavy atom. The van der Waals surface area contributed by atoms with Gasteiger partial charge in [-0.15, -0.1) is 0 Å². The average Bonchev–Trinajstić information content (AvgIpc) is 2.93. The predicted octanol–water partition coefficient (Wildman–Crippen LogP) is -5.09. The molecular weight excluding hydrogens is 514 g/mol. The molecule has 1 fully saturated rings. The Labute approximate surface area is 215 Å². The predicted molar refractivity (Wildman–Crippen MR) is 124 cm³/mol. The van der Waals surface area contributed by atoms with Gasteiger partial charge in [0.05, 0.1) is 19.8 Å². The van der Waals surface area contributed by atoms with E-state index in [-0.39, 0.29) is 5.56 Å². The van der Waals surface area contributed by atoms with Gasteiger partial charge in [0.2, 0.25) is 0 Å². The number of hydrogen-bond donors (Lipinski definition) is 11. The molecule has 0 saturated carbocycles. The first kappa shape index (κ1) is 31.3. The minimum Gasteiger partial charge on any atom is -0.394 e. The lowest BCUT2D eigenvalue weighted by Gasteiger charge is -2.40. The number of hydroxylamine groups is 1. The van der Waals surface area contributed by atoms with Gasteiger partial charge in [-0.25, -0.2) is 10.9 Å². The number of carbonyl (C=O) groups excluding carboxylic acids is 3. The zero-order valence-electron chi connectivity index (χ0n) is 19.8. The lowest BCUT2D eigenvalue weighted by atomic mass is 9.99. The number of amides is 2. The molecule has 2 rings (SSSR count). The second kappa shape index (κ2) is 14.9. The summed E-state index contributed by atoms with van der Waals surface area (Å²) in [5.74, 6) is -2.47. The molecule has 0 aliphatic carbocycles. The van der Waals surface area contributed by atoms with Crippen LogP contribution in [-0.2, 0) is 19.1 Å². The molecule has 1 aromatic carbocycles. The summed E-state index contributed by atoms with van der Waals surface area (Å²) in [6.07, 6.45) is -11.6. The van der Waals surface area contributed by atoms with Crippen molar-refractivity contribution < 1.29 is 64.8 Å². The Balaban J connectivity index is 1.81. The number of hydrazine groups is 1. The summed E-state index contributed by atoms with van der Waals surface area (Å²) in [6.45, 7) is -2.14. The number of hydrogen-bond acceptors (Lipinski definition) is 14. The van der Waals surface area contributed by atoms with Crippen LogP contribution in [-0.4, -0.2) is 127 Å². The van der Waals surface area contributed by atoms with E-state index >= 15 is 0 Å². The number of Topliss-reactive ketones (excluding diaryl/α,β-unsaturated/α-hetero) is 1. The van der Waals surface area contributed by atoms with Crippen LogP contribution < -0.4 is 16.3 Å². The average molecular weight is 545 g/mol. The molecule has 38 heavy (non-hydrogen) atoms. The second-order valence-corrected chi connectivity index (χ2v) is 8.24. The molecule has 11 N–H and O–H groups in total. The van der Waals surface area contributed by atoms with Crippen LogP contribution in [0.4, 0.5) is 0 Å². The Bertz CT molecular complexity index is 976. The van der Waals surface area contributed by atoms with Crippen molar-refractivity contribution in [2.45, 2.75) is 49.0 Å². The van der Waals surface area contributed by atoms with Crippen molar-refractivity contribution in [3.63, 3.8) is 0 Å². The van der Waals surface area contributed by atoms with Gasteiger partial charge in [0.25, 0.3) is 11.8 Å². The molecule has 0 bridgehead atoms. The normalized spacial score (nSPS) is 25.9. The molecular formula is C22H31N3O13. The summed E-state index contributed by atoms with van der Waals surface area (Å²) in [6, 6.07) is 5.95. The van der Waals surface area contributed by atoms with E-state index in [4.69, 9.17) is 19.8 Å². The number of aliphatic hydroxyl groups excluding tert-OH is 7. The van der Waals surface area contributed by atoms with Gasteiger partial charge in [-0.3, -0.25) is 25.0 Å². The molecule has 1 aliphatic rings. The summed E-state index contributed by atoms with van der Waals surface area (Å²) in [4.78, 5) is 35.5. The van der Waals surface area contributed by atoms with Gasteiger partial charge in [0, 0.05) is 11.6 Å². The third-order valence-electron chi connectivity index (χ3n) is 5.48. The minimum atomic E-state index is -2.11. The smallest absolute Gasteiger partial charge is 0.267 e. The van der Waals surface area contributed by atoms with Crippen molar-refractivity contribution in [2.24, 2.45) is 0 Å². The number of carbonyl (C=O) groups is 3. The number of benzene rings is 1. The van der Waals surface area contributed by atoms with E-state index < -0.39 is 86.4 Å². The van der Waals surface area contributed by atoms with Gasteiger partial charge in [-0.2, -0.15) is 0 Å². The van der Waals surface area contributed by atoms with Crippen LogP contribution in [0.1, 0.15) is 15.9 Å². The SMILES string of the molecule is O=C(/C=C/c1cccc(C(=O)NNCC(=O)[C@@H](O)[C@H](O)[C@H](O)CO[C@H]2O[C@H](CO)[C@H](O)[C@H](O)[C@H]2O)c1)NO. The zero-order chi connectivity index (χ0) is 28.4. The van der Waals surface area contributed by atoms with Crippen LogP contribution in [0, 0.1) is 0 Å². The molecule has 2 amide bonds. The van der Waals surface area contributed by atoms with E-state index in [1.807, 2.05) is 0 Å². The molecule has 0 aromatic heterocycles. The highest BCUT2D eigenvalue weighted by atomic mass is 16.7. The first-order valence-electron chi connectivity index (χ1n) is 11.2. The molecule has 0 unspecified atom stereocenters. The highest BCUT2D eigenvalue weighted by molar-refractivity contribution is 5.95. The Morgan fingerprint density at radius 3 is 2.45 bits per heavy atom. The number of ether oxygens (including phenoxy) is 2. The molecule has 212 valence electrons. The van der Waals surface area contributed by atoms with Gasteiger partial charge < -0.3 is 45.2 Å². The van der Waals surface area contributed by atoms with Crippen LogP contribution in [0.5, 0.6) is 0 Å². The largest absolute Gasteiger partial charge is 0.394 e. The molecule has 1 aromatic rings. The van der Waals surface area contributed by atoms with Crippen LogP contribution in [0.25, 0.3) is 6.08 Å². The van der Waals surface area contributed by atoms with Crippen LogP contribution in [0.3, 0.4) is 0 Å². The van der Waals surface area contributed by atoms with Crippen molar-refractivity contribution >= 4 is 23.7 Å². The van der Waals surface area contributed by atoms with Crippen molar-refractivity contribution in [3.8, 4) is 0 Å². The van der Waals surface area contributed by atoms with E-state index in [0.29, 0.717) is 5.56 Å². The molecule has 8 atom stereocenters. The maximum atomic E-state index is 12.3. The van der Waals surface area contributed by atoms with E-state index in [0.717, 1.165) is 6.08 Å². The molecule has 1 heterocycles. The third kappa shape index (κ3) is 8.58. The van der Waals surface area contributed by atoms with Crippen LogP contribution in [0.15, 0.2) is 30.3 Å². The number of nitrogens with one attached hydrogen (secondary N) is 3. The van der Waals surface area contributed by atoms with Crippen molar-refractivity contribution in [1.29, 1.82) is 0 Å². The molecule has 1 saturated heterocycles. The van der Waals surface area contributed by atoms with E-state index in [1.54, 1.807) is 6.07 Å². The fraction of sp³-hybridized carbons (Fsp3) is 0.500. The molecule has 16 nitrogen and oxygen atoms in total. The monoisotopic (exact) mass is 545 g/mol. The fourth-order valence-corrected chi connectivity index (χ4v) is 3.28. The quantitative estimate of drug-likeness (QED) is 0.0629. The first-order chi connectivity index (χ1) is 18.0. The van der Waals surface area contributed by atoms with Gasteiger partial charge in [0.15, 0.2) is 12.1 Å².